The van der Waals surface area contributed by atoms with Crippen LogP contribution in [-0.2, 0) is 11.3 Å². The van der Waals surface area contributed by atoms with Crippen molar-refractivity contribution in [1.29, 1.82) is 0 Å². The lowest BCUT2D eigenvalue weighted by Gasteiger charge is -2.21. The number of aromatic nitrogens is 1. The van der Waals surface area contributed by atoms with Gasteiger partial charge in [0.05, 0.1) is 21.3 Å². The zero-order valence-electron chi connectivity index (χ0n) is 18.2. The van der Waals surface area contributed by atoms with E-state index in [0.29, 0.717) is 17.2 Å². The standard InChI is InChI=1S/C26H25NO5/c1-30-22-13-18(14-23(31-2)26(22)32-3)25(17-9-5-4-6-10-17)20-15-27(16-24(28)29)21-12-8-7-11-19(20)21/h4-15,25H,16H2,1-3H3,(H,28,29). The molecular formula is C26H25NO5. The highest BCUT2D eigenvalue weighted by atomic mass is 16.5. The number of fused-ring (bicyclic) bond motifs is 1. The van der Waals surface area contributed by atoms with Crippen LogP contribution in [0, 0.1) is 0 Å². The van der Waals surface area contributed by atoms with E-state index >= 15 is 0 Å². The zero-order chi connectivity index (χ0) is 22.7. The van der Waals surface area contributed by atoms with E-state index < -0.39 is 5.97 Å². The van der Waals surface area contributed by atoms with Crippen molar-refractivity contribution < 1.29 is 24.1 Å². The van der Waals surface area contributed by atoms with E-state index in [1.807, 2.05) is 60.8 Å². The average molecular weight is 431 g/mol. The number of methoxy groups -OCH3 is 3. The van der Waals surface area contributed by atoms with E-state index in [0.717, 1.165) is 27.6 Å². The number of nitrogens with zero attached hydrogens (tertiary/aromatic N) is 1. The fraction of sp³-hybridized carbons (Fsp3) is 0.192. The summed E-state index contributed by atoms with van der Waals surface area (Å²) >= 11 is 0. The third kappa shape index (κ3) is 3.87. The number of carboxylic acid groups (broad SMARTS) is 1. The van der Waals surface area contributed by atoms with Crippen LogP contribution < -0.4 is 14.2 Å². The molecule has 0 aliphatic carbocycles. The van der Waals surface area contributed by atoms with Crippen molar-refractivity contribution in [2.45, 2.75) is 12.5 Å². The highest BCUT2D eigenvalue weighted by Gasteiger charge is 2.25. The molecule has 4 aromatic rings. The maximum absolute atomic E-state index is 11.5. The van der Waals surface area contributed by atoms with Crippen LogP contribution in [0.4, 0.5) is 0 Å². The van der Waals surface area contributed by atoms with Crippen LogP contribution in [0.5, 0.6) is 17.2 Å². The van der Waals surface area contributed by atoms with Gasteiger partial charge in [0.2, 0.25) is 5.75 Å². The highest BCUT2D eigenvalue weighted by molar-refractivity contribution is 5.87. The summed E-state index contributed by atoms with van der Waals surface area (Å²) in [7, 11) is 4.77. The Morgan fingerprint density at radius 2 is 1.50 bits per heavy atom. The van der Waals surface area contributed by atoms with Crippen LogP contribution >= 0.6 is 0 Å². The van der Waals surface area contributed by atoms with Gasteiger partial charge in [-0.2, -0.15) is 0 Å². The summed E-state index contributed by atoms with van der Waals surface area (Å²) in [5.41, 5.74) is 3.89. The molecule has 164 valence electrons. The van der Waals surface area contributed by atoms with Crippen molar-refractivity contribution >= 4 is 16.9 Å². The number of carboxylic acids is 1. The maximum Gasteiger partial charge on any atom is 0.323 e. The first-order chi connectivity index (χ1) is 15.6. The Bertz CT molecular complexity index is 1220. The van der Waals surface area contributed by atoms with Crippen molar-refractivity contribution in [2.24, 2.45) is 0 Å². The van der Waals surface area contributed by atoms with Crippen molar-refractivity contribution in [1.82, 2.24) is 4.57 Å². The second-order valence-electron chi connectivity index (χ2n) is 7.43. The Hall–Kier alpha value is -3.93. The fourth-order valence-electron chi connectivity index (χ4n) is 4.25. The van der Waals surface area contributed by atoms with Crippen molar-refractivity contribution in [2.75, 3.05) is 21.3 Å². The molecule has 6 nitrogen and oxygen atoms in total. The van der Waals surface area contributed by atoms with Gasteiger partial charge in [-0.05, 0) is 34.9 Å². The molecule has 0 spiro atoms. The van der Waals surface area contributed by atoms with Gasteiger partial charge in [0, 0.05) is 23.0 Å². The molecule has 1 atom stereocenters. The van der Waals surface area contributed by atoms with Crippen LogP contribution in [-0.4, -0.2) is 37.0 Å². The number of ether oxygens (including phenoxy) is 3. The fourth-order valence-corrected chi connectivity index (χ4v) is 4.25. The normalized spacial score (nSPS) is 11.8. The Morgan fingerprint density at radius 1 is 0.875 bits per heavy atom. The van der Waals surface area contributed by atoms with Gasteiger partial charge in [-0.25, -0.2) is 0 Å². The summed E-state index contributed by atoms with van der Waals surface area (Å²) in [6, 6.07) is 21.8. The van der Waals surface area contributed by atoms with Crippen molar-refractivity contribution in [3.8, 4) is 17.2 Å². The summed E-state index contributed by atoms with van der Waals surface area (Å²) in [5, 5.41) is 10.4. The molecule has 1 heterocycles. The Labute approximate surface area is 186 Å². The molecule has 1 N–H and O–H groups in total. The van der Waals surface area contributed by atoms with E-state index in [4.69, 9.17) is 14.2 Å². The molecular weight excluding hydrogens is 406 g/mol. The smallest absolute Gasteiger partial charge is 0.323 e. The first-order valence-corrected chi connectivity index (χ1v) is 10.2. The monoisotopic (exact) mass is 431 g/mol. The summed E-state index contributed by atoms with van der Waals surface area (Å²) in [4.78, 5) is 11.5. The first-order valence-electron chi connectivity index (χ1n) is 10.2. The lowest BCUT2D eigenvalue weighted by Crippen LogP contribution is -2.08. The minimum absolute atomic E-state index is 0.114. The zero-order valence-corrected chi connectivity index (χ0v) is 18.2. The number of para-hydroxylation sites is 1. The summed E-state index contributed by atoms with van der Waals surface area (Å²) < 4.78 is 18.5. The van der Waals surface area contributed by atoms with E-state index in [2.05, 4.69) is 12.1 Å². The Morgan fingerprint density at radius 3 is 2.09 bits per heavy atom. The number of hydrogen-bond acceptors (Lipinski definition) is 4. The number of carbonyl (C=O) groups is 1. The van der Waals surface area contributed by atoms with E-state index in [1.165, 1.54) is 0 Å². The molecule has 1 aromatic heterocycles. The van der Waals surface area contributed by atoms with Gasteiger partial charge < -0.3 is 23.9 Å². The number of benzene rings is 3. The van der Waals surface area contributed by atoms with Gasteiger partial charge in [0.1, 0.15) is 6.54 Å². The molecule has 6 heteroatoms. The highest BCUT2D eigenvalue weighted by Crippen LogP contribution is 2.44. The Balaban J connectivity index is 2.00. The molecule has 0 saturated heterocycles. The minimum Gasteiger partial charge on any atom is -0.493 e. The Kier molecular flexibility index (Phi) is 6.03. The molecule has 0 aliphatic rings. The minimum atomic E-state index is -0.888. The van der Waals surface area contributed by atoms with Gasteiger partial charge in [0.25, 0.3) is 0 Å². The van der Waals surface area contributed by atoms with Gasteiger partial charge in [-0.15, -0.1) is 0 Å². The molecule has 0 amide bonds. The van der Waals surface area contributed by atoms with Crippen molar-refractivity contribution in [3.63, 3.8) is 0 Å². The molecule has 0 bridgehead atoms. The van der Waals surface area contributed by atoms with Gasteiger partial charge in [-0.1, -0.05) is 48.5 Å². The van der Waals surface area contributed by atoms with E-state index in [-0.39, 0.29) is 12.5 Å². The largest absolute Gasteiger partial charge is 0.493 e. The van der Waals surface area contributed by atoms with Gasteiger partial charge in [-0.3, -0.25) is 4.79 Å². The molecule has 32 heavy (non-hydrogen) atoms. The summed E-state index contributed by atoms with van der Waals surface area (Å²) in [6.45, 7) is -0.114. The second-order valence-corrected chi connectivity index (χ2v) is 7.43. The van der Waals surface area contributed by atoms with E-state index in [9.17, 15) is 9.90 Å². The van der Waals surface area contributed by atoms with Crippen molar-refractivity contribution in [3.05, 3.63) is 89.6 Å². The van der Waals surface area contributed by atoms with Gasteiger partial charge in [0.15, 0.2) is 11.5 Å². The molecule has 0 saturated carbocycles. The summed E-state index contributed by atoms with van der Waals surface area (Å²) in [6.07, 6.45) is 1.93. The third-order valence-corrected chi connectivity index (χ3v) is 5.59. The SMILES string of the molecule is COc1cc(C(c2ccccc2)c2cn(CC(=O)O)c3ccccc23)cc(OC)c1OC. The molecule has 4 rings (SSSR count). The number of hydrogen-bond donors (Lipinski definition) is 1. The third-order valence-electron chi connectivity index (χ3n) is 5.59. The van der Waals surface area contributed by atoms with Crippen LogP contribution in [0.3, 0.4) is 0 Å². The quantitative estimate of drug-likeness (QED) is 0.428. The van der Waals surface area contributed by atoms with Crippen LogP contribution in [0.25, 0.3) is 10.9 Å². The second kappa shape index (κ2) is 9.06. The molecule has 0 fully saturated rings. The van der Waals surface area contributed by atoms with Crippen LogP contribution in [0.15, 0.2) is 72.9 Å². The van der Waals surface area contributed by atoms with Crippen LogP contribution in [0.2, 0.25) is 0 Å². The van der Waals surface area contributed by atoms with Gasteiger partial charge >= 0.3 is 5.97 Å². The average Bonchev–Trinajstić information content (AvgIpc) is 3.16. The first kappa shape index (κ1) is 21.3. The van der Waals surface area contributed by atoms with E-state index in [1.54, 1.807) is 25.9 Å². The topological polar surface area (TPSA) is 69.9 Å². The molecule has 0 radical (unpaired) electrons. The number of aliphatic carboxylic acids is 1. The predicted molar refractivity (Wildman–Crippen MR) is 123 cm³/mol. The molecule has 3 aromatic carbocycles. The predicted octanol–water partition coefficient (Wildman–Crippen LogP) is 4.93. The summed E-state index contributed by atoms with van der Waals surface area (Å²) in [5.74, 6) is 0.596. The van der Waals surface area contributed by atoms with Crippen LogP contribution in [0.1, 0.15) is 22.6 Å². The lowest BCUT2D eigenvalue weighted by atomic mass is 9.84. The maximum atomic E-state index is 11.5. The number of rotatable bonds is 8. The molecule has 1 unspecified atom stereocenters. The molecule has 0 aliphatic heterocycles. The lowest BCUT2D eigenvalue weighted by molar-refractivity contribution is -0.137.